The number of nitrogens with one attached hydrogen (secondary N) is 2. The first-order valence-corrected chi connectivity index (χ1v) is 8.68. The van der Waals surface area contributed by atoms with Crippen LogP contribution in [-0.4, -0.2) is 63.9 Å². The van der Waals surface area contributed by atoms with Gasteiger partial charge in [-0.2, -0.15) is 0 Å². The number of methoxy groups -OCH3 is 1. The van der Waals surface area contributed by atoms with Gasteiger partial charge in [-0.1, -0.05) is 12.1 Å². The number of hydrogen-bond donors (Lipinski definition) is 2. The Morgan fingerprint density at radius 2 is 2.08 bits per heavy atom. The average Bonchev–Trinajstić information content (AvgIpc) is 2.61. The van der Waals surface area contributed by atoms with E-state index in [0.717, 1.165) is 68.8 Å². The molecule has 2 N–H and O–H groups in total. The highest BCUT2D eigenvalue weighted by Crippen LogP contribution is 2.19. The maximum atomic E-state index is 5.38. The minimum Gasteiger partial charge on any atom is -0.496 e. The minimum atomic E-state index is 0.628. The molecule has 1 aromatic rings. The first kappa shape index (κ1) is 18.5. The highest BCUT2D eigenvalue weighted by Gasteiger charge is 2.09. The maximum Gasteiger partial charge on any atom is 0.191 e. The van der Waals surface area contributed by atoms with Gasteiger partial charge in [-0.3, -0.25) is 4.90 Å². The fourth-order valence-corrected chi connectivity index (χ4v) is 2.63. The fraction of sp³-hybridized carbons (Fsp3) is 0.611. The number of nitrogens with zero attached hydrogens (tertiary/aromatic N) is 2. The molecule has 6 nitrogen and oxygen atoms in total. The predicted octanol–water partition coefficient (Wildman–Crippen LogP) is 1.39. The van der Waals surface area contributed by atoms with E-state index >= 15 is 0 Å². The molecule has 0 bridgehead atoms. The lowest BCUT2D eigenvalue weighted by Crippen LogP contribution is -2.44. The second-order valence-corrected chi connectivity index (χ2v) is 5.88. The first-order valence-electron chi connectivity index (χ1n) is 8.68. The lowest BCUT2D eigenvalue weighted by atomic mass is 10.1. The van der Waals surface area contributed by atoms with Crippen molar-refractivity contribution in [3.05, 3.63) is 29.3 Å². The van der Waals surface area contributed by atoms with E-state index in [1.807, 2.05) is 6.92 Å². The third kappa shape index (κ3) is 6.02. The molecule has 0 atom stereocenters. The van der Waals surface area contributed by atoms with Gasteiger partial charge in [0.15, 0.2) is 5.96 Å². The fourth-order valence-electron chi connectivity index (χ4n) is 2.63. The van der Waals surface area contributed by atoms with E-state index in [1.165, 1.54) is 0 Å². The van der Waals surface area contributed by atoms with Crippen LogP contribution in [0.4, 0.5) is 0 Å². The van der Waals surface area contributed by atoms with Crippen molar-refractivity contribution in [1.29, 1.82) is 0 Å². The van der Waals surface area contributed by atoms with Gasteiger partial charge in [0, 0.05) is 32.7 Å². The molecule has 0 radical (unpaired) electrons. The van der Waals surface area contributed by atoms with Crippen LogP contribution in [0.2, 0.25) is 0 Å². The molecule has 1 heterocycles. The van der Waals surface area contributed by atoms with Crippen LogP contribution in [0.5, 0.6) is 5.75 Å². The third-order valence-corrected chi connectivity index (χ3v) is 4.06. The van der Waals surface area contributed by atoms with Crippen LogP contribution in [-0.2, 0) is 11.3 Å². The summed E-state index contributed by atoms with van der Waals surface area (Å²) in [5.41, 5.74) is 2.28. The van der Waals surface area contributed by atoms with Gasteiger partial charge in [-0.25, -0.2) is 4.99 Å². The Hall–Kier alpha value is -1.79. The Morgan fingerprint density at radius 1 is 1.29 bits per heavy atom. The number of ether oxygens (including phenoxy) is 2. The van der Waals surface area contributed by atoms with E-state index in [4.69, 9.17) is 9.47 Å². The standard InChI is InChI=1S/C18H30N4O2/c1-4-19-18(20-7-8-22-9-11-24-12-10-22)21-14-16-6-5-15(2)17(13-16)23-3/h5-6,13H,4,7-12,14H2,1-3H3,(H2,19,20,21). The van der Waals surface area contributed by atoms with E-state index in [2.05, 4.69) is 45.6 Å². The molecule has 6 heteroatoms. The summed E-state index contributed by atoms with van der Waals surface area (Å²) in [6, 6.07) is 6.22. The van der Waals surface area contributed by atoms with Crippen molar-refractivity contribution in [1.82, 2.24) is 15.5 Å². The van der Waals surface area contributed by atoms with E-state index in [9.17, 15) is 0 Å². The van der Waals surface area contributed by atoms with Crippen molar-refractivity contribution >= 4 is 5.96 Å². The molecule has 1 aromatic carbocycles. The summed E-state index contributed by atoms with van der Waals surface area (Å²) in [6.07, 6.45) is 0. The third-order valence-electron chi connectivity index (χ3n) is 4.06. The SMILES string of the molecule is CCNC(=NCc1ccc(C)c(OC)c1)NCCN1CCOCC1. The summed E-state index contributed by atoms with van der Waals surface area (Å²) in [6.45, 7) is 11.2. The Bertz CT molecular complexity index is 528. The molecule has 2 rings (SSSR count). The summed E-state index contributed by atoms with van der Waals surface area (Å²) in [7, 11) is 1.70. The highest BCUT2D eigenvalue weighted by molar-refractivity contribution is 5.79. The summed E-state index contributed by atoms with van der Waals surface area (Å²) in [4.78, 5) is 7.07. The zero-order valence-electron chi connectivity index (χ0n) is 15.1. The van der Waals surface area contributed by atoms with Crippen LogP contribution < -0.4 is 15.4 Å². The second kappa shape index (κ2) is 10.2. The molecular weight excluding hydrogens is 304 g/mol. The molecule has 134 valence electrons. The van der Waals surface area contributed by atoms with Crippen LogP contribution in [0.1, 0.15) is 18.1 Å². The molecule has 0 saturated carbocycles. The molecule has 1 aliphatic heterocycles. The van der Waals surface area contributed by atoms with Crippen LogP contribution in [0.25, 0.3) is 0 Å². The lowest BCUT2D eigenvalue weighted by molar-refractivity contribution is 0.0389. The normalized spacial score (nSPS) is 16.0. The molecule has 0 aliphatic carbocycles. The number of rotatable bonds is 7. The number of aryl methyl sites for hydroxylation is 1. The predicted molar refractivity (Wildman–Crippen MR) is 97.8 cm³/mol. The second-order valence-electron chi connectivity index (χ2n) is 5.88. The van der Waals surface area contributed by atoms with Gasteiger partial charge < -0.3 is 20.1 Å². The van der Waals surface area contributed by atoms with Crippen molar-refractivity contribution in [2.24, 2.45) is 4.99 Å². The van der Waals surface area contributed by atoms with Gasteiger partial charge in [-0.05, 0) is 31.0 Å². The first-order chi connectivity index (χ1) is 11.7. The molecule has 24 heavy (non-hydrogen) atoms. The van der Waals surface area contributed by atoms with Gasteiger partial charge in [-0.15, -0.1) is 0 Å². The van der Waals surface area contributed by atoms with E-state index in [0.29, 0.717) is 6.54 Å². The zero-order chi connectivity index (χ0) is 17.2. The summed E-state index contributed by atoms with van der Waals surface area (Å²) >= 11 is 0. The van der Waals surface area contributed by atoms with Crippen LogP contribution in [0.15, 0.2) is 23.2 Å². The quantitative estimate of drug-likeness (QED) is 0.583. The van der Waals surface area contributed by atoms with Gasteiger partial charge in [0.05, 0.1) is 26.9 Å². The molecule has 1 aliphatic rings. The minimum absolute atomic E-state index is 0.628. The van der Waals surface area contributed by atoms with Crippen LogP contribution in [0, 0.1) is 6.92 Å². The zero-order valence-corrected chi connectivity index (χ0v) is 15.1. The van der Waals surface area contributed by atoms with Gasteiger partial charge in [0.25, 0.3) is 0 Å². The molecule has 1 fully saturated rings. The average molecular weight is 334 g/mol. The monoisotopic (exact) mass is 334 g/mol. The lowest BCUT2D eigenvalue weighted by Gasteiger charge is -2.26. The summed E-state index contributed by atoms with van der Waals surface area (Å²) in [5.74, 6) is 1.76. The Balaban J connectivity index is 1.85. The van der Waals surface area contributed by atoms with Crippen molar-refractivity contribution in [3.63, 3.8) is 0 Å². The van der Waals surface area contributed by atoms with E-state index in [-0.39, 0.29) is 0 Å². The van der Waals surface area contributed by atoms with Gasteiger partial charge >= 0.3 is 0 Å². The molecule has 1 saturated heterocycles. The van der Waals surface area contributed by atoms with Crippen LogP contribution in [0.3, 0.4) is 0 Å². The number of hydrogen-bond acceptors (Lipinski definition) is 4. The van der Waals surface area contributed by atoms with Crippen molar-refractivity contribution in [3.8, 4) is 5.75 Å². The molecular formula is C18H30N4O2. The Morgan fingerprint density at radius 3 is 2.79 bits per heavy atom. The maximum absolute atomic E-state index is 5.38. The van der Waals surface area contributed by atoms with Crippen molar-refractivity contribution in [2.75, 3.05) is 53.0 Å². The number of aliphatic imine (C=N–C) groups is 1. The Kier molecular flexibility index (Phi) is 7.85. The molecule has 0 unspecified atom stereocenters. The molecule has 0 aromatic heterocycles. The van der Waals surface area contributed by atoms with Crippen molar-refractivity contribution in [2.45, 2.75) is 20.4 Å². The van der Waals surface area contributed by atoms with E-state index in [1.54, 1.807) is 7.11 Å². The number of guanidine groups is 1. The smallest absolute Gasteiger partial charge is 0.191 e. The van der Waals surface area contributed by atoms with Crippen molar-refractivity contribution < 1.29 is 9.47 Å². The highest BCUT2D eigenvalue weighted by atomic mass is 16.5. The summed E-state index contributed by atoms with van der Waals surface area (Å²) < 4.78 is 10.7. The number of benzene rings is 1. The molecule has 0 amide bonds. The largest absolute Gasteiger partial charge is 0.496 e. The van der Waals surface area contributed by atoms with Gasteiger partial charge in [0.2, 0.25) is 0 Å². The number of morpholine rings is 1. The topological polar surface area (TPSA) is 58.1 Å². The summed E-state index contributed by atoms with van der Waals surface area (Å²) in [5, 5.41) is 6.70. The van der Waals surface area contributed by atoms with Crippen LogP contribution >= 0.6 is 0 Å². The van der Waals surface area contributed by atoms with E-state index < -0.39 is 0 Å². The van der Waals surface area contributed by atoms with Gasteiger partial charge in [0.1, 0.15) is 5.75 Å². The Labute approximate surface area is 145 Å². The molecule has 0 spiro atoms.